The van der Waals surface area contributed by atoms with Crippen LogP contribution in [0.25, 0.3) is 0 Å². The van der Waals surface area contributed by atoms with Crippen molar-refractivity contribution in [2.45, 2.75) is 12.5 Å². The van der Waals surface area contributed by atoms with Crippen LogP contribution in [0.2, 0.25) is 0 Å². The molecule has 0 radical (unpaired) electrons. The predicted molar refractivity (Wildman–Crippen MR) is 67.5 cm³/mol. The van der Waals surface area contributed by atoms with Crippen LogP contribution in [0, 0.1) is 17.5 Å². The van der Waals surface area contributed by atoms with E-state index in [1.54, 1.807) is 19.0 Å². The quantitative estimate of drug-likeness (QED) is 0.774. The van der Waals surface area contributed by atoms with Gasteiger partial charge in [0.05, 0.1) is 12.6 Å². The number of benzene rings is 1. The first kappa shape index (κ1) is 16.5. The van der Waals surface area contributed by atoms with Crippen molar-refractivity contribution >= 4 is 5.91 Å². The van der Waals surface area contributed by atoms with Gasteiger partial charge in [-0.05, 0) is 31.8 Å². The molecule has 1 aromatic rings. The van der Waals surface area contributed by atoms with Crippen LogP contribution in [0.4, 0.5) is 13.2 Å². The number of hydrogen-bond acceptors (Lipinski definition) is 3. The Hall–Kier alpha value is -1.60. The number of halogens is 3. The molecule has 2 N–H and O–H groups in total. The maximum Gasteiger partial charge on any atom is 0.221 e. The first-order chi connectivity index (χ1) is 9.35. The Balaban J connectivity index is 2.78. The summed E-state index contributed by atoms with van der Waals surface area (Å²) in [7, 11) is 3.59. The molecule has 0 aromatic heterocycles. The highest BCUT2D eigenvalue weighted by atomic mass is 19.2. The van der Waals surface area contributed by atoms with E-state index in [1.165, 1.54) is 0 Å². The smallest absolute Gasteiger partial charge is 0.221 e. The Labute approximate surface area is 115 Å². The van der Waals surface area contributed by atoms with Crippen molar-refractivity contribution in [1.29, 1.82) is 0 Å². The average molecular weight is 290 g/mol. The minimum atomic E-state index is -1.58. The van der Waals surface area contributed by atoms with Gasteiger partial charge in [0, 0.05) is 13.0 Å². The summed E-state index contributed by atoms with van der Waals surface area (Å²) in [4.78, 5) is 13.4. The van der Waals surface area contributed by atoms with E-state index in [-0.39, 0.29) is 17.9 Å². The Bertz CT molecular complexity index is 458. The molecule has 1 aromatic carbocycles. The zero-order valence-corrected chi connectivity index (χ0v) is 11.3. The second kappa shape index (κ2) is 7.25. The number of carbonyl (C=O) groups excluding carboxylic acids is 1. The van der Waals surface area contributed by atoms with Gasteiger partial charge in [-0.1, -0.05) is 0 Å². The zero-order chi connectivity index (χ0) is 15.3. The Morgan fingerprint density at radius 3 is 2.30 bits per heavy atom. The highest BCUT2D eigenvalue weighted by Gasteiger charge is 2.18. The fraction of sp³-hybridized carbons (Fsp3) is 0.462. The number of hydrogen-bond donors (Lipinski definition) is 2. The number of nitrogens with one attached hydrogen (secondary N) is 1. The largest absolute Gasteiger partial charge is 0.394 e. The second-order valence-corrected chi connectivity index (χ2v) is 4.65. The third-order valence-corrected chi connectivity index (χ3v) is 2.71. The second-order valence-electron chi connectivity index (χ2n) is 4.65. The molecule has 0 aliphatic rings. The van der Waals surface area contributed by atoms with E-state index in [9.17, 15) is 23.1 Å². The zero-order valence-electron chi connectivity index (χ0n) is 11.3. The lowest BCUT2D eigenvalue weighted by Gasteiger charge is -2.18. The summed E-state index contributed by atoms with van der Waals surface area (Å²) in [5, 5.41) is 11.6. The summed E-state index contributed by atoms with van der Waals surface area (Å²) < 4.78 is 39.1. The molecule has 1 atom stereocenters. The number of amides is 1. The SMILES string of the molecule is CN(C)CCC(=O)NC(CO)c1cc(F)c(F)c(F)c1. The van der Waals surface area contributed by atoms with E-state index in [2.05, 4.69) is 5.32 Å². The molecule has 0 heterocycles. The van der Waals surface area contributed by atoms with Crippen LogP contribution in [0.15, 0.2) is 12.1 Å². The maximum absolute atomic E-state index is 13.1. The van der Waals surface area contributed by atoms with Crippen LogP contribution in [-0.2, 0) is 4.79 Å². The molecule has 1 unspecified atom stereocenters. The molecule has 20 heavy (non-hydrogen) atoms. The van der Waals surface area contributed by atoms with Crippen LogP contribution in [0.1, 0.15) is 18.0 Å². The summed E-state index contributed by atoms with van der Waals surface area (Å²) in [5.74, 6) is -4.67. The Morgan fingerprint density at radius 2 is 1.85 bits per heavy atom. The lowest BCUT2D eigenvalue weighted by molar-refractivity contribution is -0.122. The third-order valence-electron chi connectivity index (χ3n) is 2.71. The normalized spacial score (nSPS) is 12.6. The van der Waals surface area contributed by atoms with E-state index in [4.69, 9.17) is 0 Å². The molecule has 7 heteroatoms. The van der Waals surface area contributed by atoms with Gasteiger partial charge in [-0.15, -0.1) is 0 Å². The van der Waals surface area contributed by atoms with Crippen molar-refractivity contribution in [2.75, 3.05) is 27.2 Å². The van der Waals surface area contributed by atoms with E-state index < -0.39 is 30.1 Å². The van der Waals surface area contributed by atoms with E-state index in [1.807, 2.05) is 0 Å². The topological polar surface area (TPSA) is 52.6 Å². The summed E-state index contributed by atoms with van der Waals surface area (Å²) in [6, 6.07) is 0.533. The molecular formula is C13H17F3N2O2. The van der Waals surface area contributed by atoms with Crippen LogP contribution < -0.4 is 5.32 Å². The Kier molecular flexibility index (Phi) is 5.97. The van der Waals surface area contributed by atoms with Gasteiger partial charge in [-0.25, -0.2) is 13.2 Å². The highest BCUT2D eigenvalue weighted by molar-refractivity contribution is 5.76. The summed E-state index contributed by atoms with van der Waals surface area (Å²) >= 11 is 0. The minimum Gasteiger partial charge on any atom is -0.394 e. The molecule has 112 valence electrons. The van der Waals surface area contributed by atoms with E-state index in [0.29, 0.717) is 6.54 Å². The van der Waals surface area contributed by atoms with Gasteiger partial charge >= 0.3 is 0 Å². The summed E-state index contributed by atoms with van der Waals surface area (Å²) in [6.07, 6.45) is 0.176. The molecular weight excluding hydrogens is 273 g/mol. The number of carbonyl (C=O) groups is 1. The first-order valence-corrected chi connectivity index (χ1v) is 6.04. The Morgan fingerprint density at radius 1 is 1.30 bits per heavy atom. The van der Waals surface area contributed by atoms with E-state index in [0.717, 1.165) is 12.1 Å². The summed E-state index contributed by atoms with van der Waals surface area (Å²) in [5.41, 5.74) is -0.0258. The molecule has 0 saturated carbocycles. The number of nitrogens with zero attached hydrogens (tertiary/aromatic N) is 1. The first-order valence-electron chi connectivity index (χ1n) is 6.04. The fourth-order valence-corrected chi connectivity index (χ4v) is 1.60. The van der Waals surface area contributed by atoms with Crippen LogP contribution in [-0.4, -0.2) is 43.2 Å². The van der Waals surface area contributed by atoms with Crippen molar-refractivity contribution in [3.05, 3.63) is 35.1 Å². The monoisotopic (exact) mass is 290 g/mol. The van der Waals surface area contributed by atoms with Gasteiger partial charge in [0.1, 0.15) is 0 Å². The van der Waals surface area contributed by atoms with Crippen LogP contribution in [0.5, 0.6) is 0 Å². The highest BCUT2D eigenvalue weighted by Crippen LogP contribution is 2.19. The molecule has 0 bridgehead atoms. The predicted octanol–water partition coefficient (Wildman–Crippen LogP) is 1.21. The molecule has 1 rings (SSSR count). The summed E-state index contributed by atoms with van der Waals surface area (Å²) in [6.45, 7) is -0.0473. The molecule has 0 aliphatic carbocycles. The fourth-order valence-electron chi connectivity index (χ4n) is 1.60. The molecule has 0 aliphatic heterocycles. The van der Waals surface area contributed by atoms with Gasteiger partial charge < -0.3 is 15.3 Å². The number of rotatable bonds is 6. The molecule has 0 spiro atoms. The number of aliphatic hydroxyl groups excluding tert-OH is 1. The van der Waals surface area contributed by atoms with Crippen molar-refractivity contribution < 1.29 is 23.1 Å². The van der Waals surface area contributed by atoms with Crippen molar-refractivity contribution in [3.63, 3.8) is 0 Å². The van der Waals surface area contributed by atoms with Crippen LogP contribution >= 0.6 is 0 Å². The standard InChI is InChI=1S/C13H17F3N2O2/c1-18(2)4-3-12(20)17-11(7-19)8-5-9(14)13(16)10(15)6-8/h5-6,11,19H,3-4,7H2,1-2H3,(H,17,20). The van der Waals surface area contributed by atoms with Gasteiger partial charge in [0.2, 0.25) is 5.91 Å². The van der Waals surface area contributed by atoms with Crippen LogP contribution in [0.3, 0.4) is 0 Å². The van der Waals surface area contributed by atoms with Gasteiger partial charge in [0.15, 0.2) is 17.5 Å². The molecule has 0 saturated heterocycles. The average Bonchev–Trinajstić information content (AvgIpc) is 2.39. The number of aliphatic hydroxyl groups is 1. The molecule has 1 amide bonds. The van der Waals surface area contributed by atoms with Crippen molar-refractivity contribution in [3.8, 4) is 0 Å². The molecule has 0 fully saturated rings. The lowest BCUT2D eigenvalue weighted by atomic mass is 10.1. The van der Waals surface area contributed by atoms with E-state index >= 15 is 0 Å². The van der Waals surface area contributed by atoms with Gasteiger partial charge in [-0.2, -0.15) is 0 Å². The maximum atomic E-state index is 13.1. The minimum absolute atomic E-state index is 0.0258. The molecule has 4 nitrogen and oxygen atoms in total. The van der Waals surface area contributed by atoms with Gasteiger partial charge in [0.25, 0.3) is 0 Å². The van der Waals surface area contributed by atoms with Crippen molar-refractivity contribution in [2.24, 2.45) is 0 Å². The van der Waals surface area contributed by atoms with Gasteiger partial charge in [-0.3, -0.25) is 4.79 Å². The third kappa shape index (κ3) is 4.50. The van der Waals surface area contributed by atoms with Crippen molar-refractivity contribution in [1.82, 2.24) is 10.2 Å². The lowest BCUT2D eigenvalue weighted by Crippen LogP contribution is -2.33.